The molecular formula is C24H28ClN5O3. The van der Waals surface area contributed by atoms with Crippen LogP contribution < -0.4 is 25.6 Å². The van der Waals surface area contributed by atoms with E-state index in [2.05, 4.69) is 26.9 Å². The zero-order valence-electron chi connectivity index (χ0n) is 18.8. The largest absolute Gasteiger partial charge is 0.492 e. The normalized spacial score (nSPS) is 19.6. The van der Waals surface area contributed by atoms with Gasteiger partial charge in [0.2, 0.25) is 5.91 Å². The van der Waals surface area contributed by atoms with Crippen LogP contribution in [0.25, 0.3) is 0 Å². The first kappa shape index (κ1) is 23.0. The highest BCUT2D eigenvalue weighted by Crippen LogP contribution is 2.42. The molecule has 3 N–H and O–H groups in total. The van der Waals surface area contributed by atoms with Gasteiger partial charge in [-0.1, -0.05) is 11.6 Å². The fourth-order valence-electron chi connectivity index (χ4n) is 4.26. The van der Waals surface area contributed by atoms with E-state index in [4.69, 9.17) is 21.1 Å². The number of hydrogen-bond acceptors (Lipinski definition) is 7. The van der Waals surface area contributed by atoms with E-state index in [0.29, 0.717) is 42.8 Å². The zero-order valence-corrected chi connectivity index (χ0v) is 19.5. The molecule has 33 heavy (non-hydrogen) atoms. The number of halogens is 1. The number of rotatable bonds is 6. The SMILES string of the molecule is CCOc1cc2c(cc1NC(C)=O)C(Nc1ccc(N3CCOCC3)c(Cl)c1)C(C#N)CN2. The Labute approximate surface area is 198 Å². The maximum absolute atomic E-state index is 11.8. The summed E-state index contributed by atoms with van der Waals surface area (Å²) in [5.41, 5.74) is 4.13. The monoisotopic (exact) mass is 469 g/mol. The summed E-state index contributed by atoms with van der Waals surface area (Å²) >= 11 is 6.63. The van der Waals surface area contributed by atoms with Gasteiger partial charge in [-0.05, 0) is 31.2 Å². The molecule has 8 nitrogen and oxygen atoms in total. The summed E-state index contributed by atoms with van der Waals surface area (Å²) in [6, 6.07) is 11.7. The van der Waals surface area contributed by atoms with Gasteiger partial charge >= 0.3 is 0 Å². The van der Waals surface area contributed by atoms with Gasteiger partial charge in [0.15, 0.2) is 0 Å². The molecule has 174 valence electrons. The van der Waals surface area contributed by atoms with Crippen LogP contribution in [0, 0.1) is 17.2 Å². The number of nitrogens with zero attached hydrogens (tertiary/aromatic N) is 2. The zero-order chi connectivity index (χ0) is 23.4. The number of nitrogens with one attached hydrogen (secondary N) is 3. The van der Waals surface area contributed by atoms with Crippen molar-refractivity contribution in [2.24, 2.45) is 5.92 Å². The second-order valence-electron chi connectivity index (χ2n) is 8.05. The molecule has 2 aromatic rings. The number of hydrogen-bond donors (Lipinski definition) is 3. The molecule has 0 bridgehead atoms. The number of nitriles is 1. The Balaban J connectivity index is 1.65. The minimum Gasteiger partial charge on any atom is -0.492 e. The Morgan fingerprint density at radius 3 is 2.79 bits per heavy atom. The topological polar surface area (TPSA) is 98.7 Å². The molecule has 9 heteroatoms. The number of fused-ring (bicyclic) bond motifs is 1. The first-order valence-corrected chi connectivity index (χ1v) is 11.5. The first-order chi connectivity index (χ1) is 16.0. The standard InChI is InChI=1S/C24H28ClN5O3/c1-3-33-23-12-20-18(11-21(23)28-15(2)31)24(16(13-26)14-27-20)29-17-4-5-22(19(25)10-17)30-6-8-32-9-7-30/h4-5,10-12,16,24,27,29H,3,6-9,14H2,1-2H3,(H,28,31). The van der Waals surface area contributed by atoms with E-state index in [0.717, 1.165) is 35.7 Å². The molecule has 1 fully saturated rings. The number of carbonyl (C=O) groups excluding carboxylic acids is 1. The van der Waals surface area contributed by atoms with Gasteiger partial charge in [0.05, 0.1) is 54.2 Å². The maximum atomic E-state index is 11.8. The lowest BCUT2D eigenvalue weighted by Crippen LogP contribution is -2.36. The van der Waals surface area contributed by atoms with Gasteiger partial charge in [-0.25, -0.2) is 0 Å². The second kappa shape index (κ2) is 10.2. The van der Waals surface area contributed by atoms with Crippen LogP contribution in [0.1, 0.15) is 25.5 Å². The number of morpholine rings is 1. The minimum atomic E-state index is -0.321. The molecule has 0 aliphatic carbocycles. The molecule has 1 amide bonds. The van der Waals surface area contributed by atoms with Crippen molar-refractivity contribution in [2.45, 2.75) is 19.9 Å². The van der Waals surface area contributed by atoms with E-state index >= 15 is 0 Å². The number of anilines is 4. The van der Waals surface area contributed by atoms with Gasteiger partial charge in [-0.2, -0.15) is 5.26 Å². The van der Waals surface area contributed by atoms with Crippen molar-refractivity contribution < 1.29 is 14.3 Å². The van der Waals surface area contributed by atoms with E-state index in [-0.39, 0.29) is 17.9 Å². The lowest BCUT2D eigenvalue weighted by atomic mass is 9.88. The van der Waals surface area contributed by atoms with E-state index in [9.17, 15) is 10.1 Å². The summed E-state index contributed by atoms with van der Waals surface area (Å²) in [5.74, 6) is 0.0795. The highest BCUT2D eigenvalue weighted by Gasteiger charge is 2.31. The van der Waals surface area contributed by atoms with Crippen LogP contribution in [0.3, 0.4) is 0 Å². The van der Waals surface area contributed by atoms with E-state index < -0.39 is 0 Å². The Morgan fingerprint density at radius 1 is 1.33 bits per heavy atom. The van der Waals surface area contributed by atoms with Gasteiger partial charge < -0.3 is 30.3 Å². The highest BCUT2D eigenvalue weighted by atomic mass is 35.5. The lowest BCUT2D eigenvalue weighted by molar-refractivity contribution is -0.114. The summed E-state index contributed by atoms with van der Waals surface area (Å²) in [7, 11) is 0. The Kier molecular flexibility index (Phi) is 7.11. The van der Waals surface area contributed by atoms with Gasteiger partial charge in [0.25, 0.3) is 0 Å². The van der Waals surface area contributed by atoms with Crippen LogP contribution in [0.4, 0.5) is 22.7 Å². The second-order valence-corrected chi connectivity index (χ2v) is 8.46. The molecule has 2 aliphatic rings. The van der Waals surface area contributed by atoms with E-state index in [1.165, 1.54) is 6.92 Å². The first-order valence-electron chi connectivity index (χ1n) is 11.1. The van der Waals surface area contributed by atoms with Gasteiger partial charge in [0, 0.05) is 49.6 Å². The third kappa shape index (κ3) is 5.10. The predicted molar refractivity (Wildman–Crippen MR) is 130 cm³/mol. The van der Waals surface area contributed by atoms with Gasteiger partial charge in [-0.15, -0.1) is 0 Å². The van der Waals surface area contributed by atoms with Crippen molar-refractivity contribution >= 4 is 40.3 Å². The molecule has 1 saturated heterocycles. The molecule has 0 spiro atoms. The van der Waals surface area contributed by atoms with Gasteiger partial charge in [-0.3, -0.25) is 4.79 Å². The minimum absolute atomic E-state index is 0.188. The smallest absolute Gasteiger partial charge is 0.221 e. The van der Waals surface area contributed by atoms with Crippen LogP contribution in [-0.4, -0.2) is 45.4 Å². The molecule has 0 saturated carbocycles. The van der Waals surface area contributed by atoms with Crippen molar-refractivity contribution in [2.75, 3.05) is 60.3 Å². The molecule has 0 aromatic heterocycles. The van der Waals surface area contributed by atoms with Crippen molar-refractivity contribution in [3.63, 3.8) is 0 Å². The van der Waals surface area contributed by atoms with Crippen molar-refractivity contribution in [1.82, 2.24) is 0 Å². The van der Waals surface area contributed by atoms with E-state index in [1.54, 1.807) is 0 Å². The molecule has 2 unspecified atom stereocenters. The van der Waals surface area contributed by atoms with Crippen LogP contribution in [0.5, 0.6) is 5.75 Å². The molecule has 0 radical (unpaired) electrons. The maximum Gasteiger partial charge on any atom is 0.221 e. The Morgan fingerprint density at radius 2 is 2.12 bits per heavy atom. The summed E-state index contributed by atoms with van der Waals surface area (Å²) < 4.78 is 11.2. The van der Waals surface area contributed by atoms with Crippen molar-refractivity contribution in [3.05, 3.63) is 40.9 Å². The number of carbonyl (C=O) groups is 1. The molecule has 2 aromatic carbocycles. The molecular weight excluding hydrogens is 442 g/mol. The summed E-state index contributed by atoms with van der Waals surface area (Å²) in [4.78, 5) is 14.0. The summed E-state index contributed by atoms with van der Waals surface area (Å²) in [6.07, 6.45) is 0. The number of amides is 1. The third-order valence-corrected chi connectivity index (χ3v) is 6.10. The number of ether oxygens (including phenoxy) is 2. The lowest BCUT2D eigenvalue weighted by Gasteiger charge is -2.33. The predicted octanol–water partition coefficient (Wildman–Crippen LogP) is 4.25. The Bertz CT molecular complexity index is 1060. The van der Waals surface area contributed by atoms with Crippen molar-refractivity contribution in [3.8, 4) is 11.8 Å². The summed E-state index contributed by atoms with van der Waals surface area (Å²) in [5, 5.41) is 20.1. The van der Waals surface area contributed by atoms with Gasteiger partial charge in [0.1, 0.15) is 5.75 Å². The average Bonchev–Trinajstić information content (AvgIpc) is 2.80. The average molecular weight is 470 g/mol. The van der Waals surface area contributed by atoms with Crippen LogP contribution in [0.15, 0.2) is 30.3 Å². The van der Waals surface area contributed by atoms with Crippen LogP contribution in [0.2, 0.25) is 5.02 Å². The van der Waals surface area contributed by atoms with Crippen LogP contribution >= 0.6 is 11.6 Å². The molecule has 4 rings (SSSR count). The quantitative estimate of drug-likeness (QED) is 0.581. The van der Waals surface area contributed by atoms with Crippen LogP contribution in [-0.2, 0) is 9.53 Å². The molecule has 2 atom stereocenters. The van der Waals surface area contributed by atoms with E-state index in [1.807, 2.05) is 37.3 Å². The third-order valence-electron chi connectivity index (χ3n) is 5.80. The fraction of sp³-hybridized carbons (Fsp3) is 0.417. The fourth-order valence-corrected chi connectivity index (χ4v) is 4.56. The highest BCUT2D eigenvalue weighted by molar-refractivity contribution is 6.33. The molecule has 2 aliphatic heterocycles. The summed E-state index contributed by atoms with van der Waals surface area (Å²) in [6.45, 7) is 7.30. The van der Waals surface area contributed by atoms with Crippen molar-refractivity contribution in [1.29, 1.82) is 5.26 Å². The number of benzene rings is 2. The Hall–Kier alpha value is -3.15. The molecule has 2 heterocycles.